The quantitative estimate of drug-likeness (QED) is 0.418. The molecular formula is C10H12N6O. The number of benzene rings is 1. The van der Waals surface area contributed by atoms with E-state index in [9.17, 15) is 0 Å². The summed E-state index contributed by atoms with van der Waals surface area (Å²) in [4.78, 5) is 5.42. The summed E-state index contributed by atoms with van der Waals surface area (Å²) in [6, 6.07) is 7.38. The first-order valence-electron chi connectivity index (χ1n) is 4.97. The first kappa shape index (κ1) is 12.7. The van der Waals surface area contributed by atoms with Gasteiger partial charge in [0.25, 0.3) is 0 Å². The standard InChI is InChI=1S/C10H12N6O/c1-17-10-4-2-3-8(5-10)9(6-13-15-11)7-14-16-12/h2-5,9H,6-7H2,1H3. The van der Waals surface area contributed by atoms with Crippen molar-refractivity contribution in [3.05, 3.63) is 50.7 Å². The summed E-state index contributed by atoms with van der Waals surface area (Å²) in [7, 11) is 1.58. The molecule has 17 heavy (non-hydrogen) atoms. The molecule has 0 N–H and O–H groups in total. The van der Waals surface area contributed by atoms with Crippen LogP contribution < -0.4 is 4.74 Å². The molecule has 1 aromatic carbocycles. The summed E-state index contributed by atoms with van der Waals surface area (Å²) < 4.78 is 5.11. The lowest BCUT2D eigenvalue weighted by atomic mass is 9.99. The number of ether oxygens (including phenoxy) is 1. The highest BCUT2D eigenvalue weighted by Crippen LogP contribution is 2.21. The molecule has 7 nitrogen and oxygen atoms in total. The zero-order valence-electron chi connectivity index (χ0n) is 9.39. The van der Waals surface area contributed by atoms with E-state index in [0.717, 1.165) is 11.3 Å². The van der Waals surface area contributed by atoms with Crippen LogP contribution in [0.4, 0.5) is 0 Å². The van der Waals surface area contributed by atoms with Crippen LogP contribution >= 0.6 is 0 Å². The molecular weight excluding hydrogens is 220 g/mol. The predicted molar refractivity (Wildman–Crippen MR) is 63.8 cm³/mol. The fourth-order valence-corrected chi connectivity index (χ4v) is 1.43. The monoisotopic (exact) mass is 232 g/mol. The fraction of sp³-hybridized carbons (Fsp3) is 0.400. The van der Waals surface area contributed by atoms with E-state index in [0.29, 0.717) is 0 Å². The van der Waals surface area contributed by atoms with Crippen LogP contribution in [-0.4, -0.2) is 20.2 Å². The lowest BCUT2D eigenvalue weighted by molar-refractivity contribution is 0.414. The minimum atomic E-state index is -0.128. The summed E-state index contributed by atoms with van der Waals surface area (Å²) in [5.41, 5.74) is 17.6. The lowest BCUT2D eigenvalue weighted by Gasteiger charge is -2.12. The minimum Gasteiger partial charge on any atom is -0.497 e. The van der Waals surface area contributed by atoms with Crippen molar-refractivity contribution in [2.24, 2.45) is 10.2 Å². The van der Waals surface area contributed by atoms with Crippen molar-refractivity contribution in [3.8, 4) is 5.75 Å². The molecule has 1 rings (SSSR count). The number of rotatable bonds is 6. The topological polar surface area (TPSA) is 107 Å². The molecule has 0 aromatic heterocycles. The Bertz CT molecular complexity index is 442. The van der Waals surface area contributed by atoms with Crippen LogP contribution in [0, 0.1) is 0 Å². The van der Waals surface area contributed by atoms with Gasteiger partial charge in [-0.1, -0.05) is 22.4 Å². The summed E-state index contributed by atoms with van der Waals surface area (Å²) in [5, 5.41) is 7.03. The molecule has 7 heteroatoms. The van der Waals surface area contributed by atoms with Crippen LogP contribution in [0.15, 0.2) is 34.5 Å². The van der Waals surface area contributed by atoms with E-state index in [-0.39, 0.29) is 19.0 Å². The Hall–Kier alpha value is -2.36. The van der Waals surface area contributed by atoms with E-state index in [1.165, 1.54) is 0 Å². The summed E-state index contributed by atoms with van der Waals surface area (Å²) in [6.07, 6.45) is 0. The first-order valence-corrected chi connectivity index (χ1v) is 4.97. The average molecular weight is 232 g/mol. The SMILES string of the molecule is COc1cccc(C(CN=[N+]=[N-])CN=[N+]=[N-])c1. The van der Waals surface area contributed by atoms with E-state index in [2.05, 4.69) is 20.1 Å². The molecule has 0 aliphatic heterocycles. The molecule has 0 amide bonds. The van der Waals surface area contributed by atoms with Crippen LogP contribution in [0.25, 0.3) is 20.9 Å². The maximum Gasteiger partial charge on any atom is 0.119 e. The second-order valence-corrected chi connectivity index (χ2v) is 3.30. The van der Waals surface area contributed by atoms with Gasteiger partial charge in [-0.2, -0.15) is 0 Å². The predicted octanol–water partition coefficient (Wildman–Crippen LogP) is 3.40. The second-order valence-electron chi connectivity index (χ2n) is 3.30. The van der Waals surface area contributed by atoms with Gasteiger partial charge in [0.1, 0.15) is 5.75 Å². The van der Waals surface area contributed by atoms with Gasteiger partial charge in [0.15, 0.2) is 0 Å². The summed E-state index contributed by atoms with van der Waals surface area (Å²) >= 11 is 0. The van der Waals surface area contributed by atoms with Gasteiger partial charge in [0.2, 0.25) is 0 Å². The first-order chi connectivity index (χ1) is 8.31. The molecule has 0 fully saturated rings. The molecule has 0 spiro atoms. The average Bonchev–Trinajstić information content (AvgIpc) is 2.39. The number of nitrogens with zero attached hydrogens (tertiary/aromatic N) is 6. The number of methoxy groups -OCH3 is 1. The Morgan fingerprint density at radius 2 is 1.88 bits per heavy atom. The normalized spacial score (nSPS) is 10.9. The third kappa shape index (κ3) is 3.95. The number of azide groups is 2. The number of hydrogen-bond donors (Lipinski definition) is 0. The smallest absolute Gasteiger partial charge is 0.119 e. The Labute approximate surface area is 98.3 Å². The molecule has 0 aliphatic carbocycles. The highest BCUT2D eigenvalue weighted by Gasteiger charge is 2.10. The van der Waals surface area contributed by atoms with E-state index in [4.69, 9.17) is 15.8 Å². The Morgan fingerprint density at radius 1 is 1.24 bits per heavy atom. The van der Waals surface area contributed by atoms with Crippen molar-refractivity contribution in [1.82, 2.24) is 0 Å². The van der Waals surface area contributed by atoms with Crippen LogP contribution in [-0.2, 0) is 0 Å². The molecule has 88 valence electrons. The molecule has 1 aromatic rings. The highest BCUT2D eigenvalue weighted by molar-refractivity contribution is 5.31. The van der Waals surface area contributed by atoms with E-state index in [1.807, 2.05) is 24.3 Å². The van der Waals surface area contributed by atoms with Gasteiger partial charge in [-0.15, -0.1) is 0 Å². The van der Waals surface area contributed by atoms with Crippen LogP contribution in [0.3, 0.4) is 0 Å². The summed E-state index contributed by atoms with van der Waals surface area (Å²) in [6.45, 7) is 0.505. The molecule has 0 saturated carbocycles. The van der Waals surface area contributed by atoms with Crippen molar-refractivity contribution in [2.45, 2.75) is 5.92 Å². The van der Waals surface area contributed by atoms with Gasteiger partial charge in [0.05, 0.1) is 7.11 Å². The minimum absolute atomic E-state index is 0.128. The Morgan fingerprint density at radius 3 is 2.41 bits per heavy atom. The largest absolute Gasteiger partial charge is 0.497 e. The molecule has 0 saturated heterocycles. The van der Waals surface area contributed by atoms with Gasteiger partial charge in [-0.3, -0.25) is 0 Å². The van der Waals surface area contributed by atoms with Gasteiger partial charge in [0, 0.05) is 22.9 Å². The maximum absolute atomic E-state index is 8.32. The summed E-state index contributed by atoms with van der Waals surface area (Å²) in [5.74, 6) is 0.589. The fourth-order valence-electron chi connectivity index (χ4n) is 1.43. The molecule has 0 unspecified atom stereocenters. The lowest BCUT2D eigenvalue weighted by Crippen LogP contribution is -2.06. The third-order valence-electron chi connectivity index (χ3n) is 2.30. The Balaban J connectivity index is 2.93. The van der Waals surface area contributed by atoms with E-state index >= 15 is 0 Å². The van der Waals surface area contributed by atoms with E-state index < -0.39 is 0 Å². The van der Waals surface area contributed by atoms with Crippen molar-refractivity contribution < 1.29 is 4.74 Å². The second kappa shape index (κ2) is 7.00. The van der Waals surface area contributed by atoms with Crippen molar-refractivity contribution in [3.63, 3.8) is 0 Å². The maximum atomic E-state index is 8.32. The molecule has 0 heterocycles. The highest BCUT2D eigenvalue weighted by atomic mass is 16.5. The van der Waals surface area contributed by atoms with Crippen molar-refractivity contribution in [1.29, 1.82) is 0 Å². The van der Waals surface area contributed by atoms with Gasteiger partial charge in [-0.25, -0.2) is 0 Å². The molecule has 0 aliphatic rings. The molecule has 0 bridgehead atoms. The number of hydrogen-bond acceptors (Lipinski definition) is 3. The van der Waals surface area contributed by atoms with Crippen molar-refractivity contribution in [2.75, 3.05) is 20.2 Å². The Kier molecular flexibility index (Phi) is 5.24. The van der Waals surface area contributed by atoms with Crippen molar-refractivity contribution >= 4 is 0 Å². The van der Waals surface area contributed by atoms with Crippen LogP contribution in [0.1, 0.15) is 11.5 Å². The van der Waals surface area contributed by atoms with Gasteiger partial charge >= 0.3 is 0 Å². The van der Waals surface area contributed by atoms with Crippen LogP contribution in [0.2, 0.25) is 0 Å². The zero-order valence-corrected chi connectivity index (χ0v) is 9.39. The third-order valence-corrected chi connectivity index (χ3v) is 2.30. The zero-order chi connectivity index (χ0) is 12.5. The van der Waals surface area contributed by atoms with Gasteiger partial charge < -0.3 is 4.74 Å². The molecule has 0 radical (unpaired) electrons. The van der Waals surface area contributed by atoms with Gasteiger partial charge in [-0.05, 0) is 34.7 Å². The van der Waals surface area contributed by atoms with Crippen LogP contribution in [0.5, 0.6) is 5.75 Å². The van der Waals surface area contributed by atoms with E-state index in [1.54, 1.807) is 7.11 Å². The molecule has 0 atom stereocenters.